The first-order valence-electron chi connectivity index (χ1n) is 7.76. The molecular formula is C17H17ClN4O5. The molecule has 0 aliphatic heterocycles. The maximum Gasteiger partial charge on any atom is 0.270 e. The molecule has 2 aromatic carbocycles. The zero-order valence-electron chi connectivity index (χ0n) is 14.9. The minimum absolute atomic E-state index is 0.00884. The van der Waals surface area contributed by atoms with Crippen molar-refractivity contribution in [2.24, 2.45) is 0 Å². The van der Waals surface area contributed by atoms with E-state index in [0.29, 0.717) is 11.3 Å². The minimum atomic E-state index is -0.576. The topological polar surface area (TPSA) is 110 Å². The summed E-state index contributed by atoms with van der Waals surface area (Å²) in [6.07, 6.45) is 0. The predicted octanol–water partition coefficient (Wildman–Crippen LogP) is 3.49. The number of nitrogens with zero attached hydrogens (tertiary/aromatic N) is 4. The molecule has 0 radical (unpaired) electrons. The van der Waals surface area contributed by atoms with Gasteiger partial charge < -0.3 is 9.80 Å². The number of halogens is 1. The van der Waals surface area contributed by atoms with Crippen LogP contribution in [0.15, 0.2) is 36.4 Å². The van der Waals surface area contributed by atoms with Crippen molar-refractivity contribution in [3.63, 3.8) is 0 Å². The fourth-order valence-electron chi connectivity index (χ4n) is 2.53. The summed E-state index contributed by atoms with van der Waals surface area (Å²) in [6.45, 7) is 0.00884. The van der Waals surface area contributed by atoms with Crippen LogP contribution in [0.3, 0.4) is 0 Å². The van der Waals surface area contributed by atoms with Gasteiger partial charge in [0, 0.05) is 62.7 Å². The average Bonchev–Trinajstić information content (AvgIpc) is 2.61. The Hall–Kier alpha value is -3.20. The van der Waals surface area contributed by atoms with Crippen LogP contribution in [0.4, 0.5) is 17.1 Å². The first-order chi connectivity index (χ1) is 12.6. The largest absolute Gasteiger partial charge is 0.377 e. The van der Waals surface area contributed by atoms with Crippen LogP contribution in [0.2, 0.25) is 5.02 Å². The third kappa shape index (κ3) is 4.50. The smallest absolute Gasteiger partial charge is 0.270 e. The van der Waals surface area contributed by atoms with Crippen molar-refractivity contribution in [1.82, 2.24) is 4.90 Å². The van der Waals surface area contributed by atoms with Gasteiger partial charge in [0.15, 0.2) is 0 Å². The van der Waals surface area contributed by atoms with E-state index in [0.717, 1.165) is 0 Å². The monoisotopic (exact) mass is 392 g/mol. The molecule has 0 aromatic heterocycles. The number of benzene rings is 2. The Bertz CT molecular complexity index is 916. The Morgan fingerprint density at radius 3 is 2.11 bits per heavy atom. The Kier molecular flexibility index (Phi) is 5.96. The standard InChI is InChI=1S/C17H17ClN4O5/c1-19(2)16-7-5-13(22(26)27)9-14(16)17(23)20(3)10-11-8-12(21(24)25)4-6-15(11)18/h4-9H,10H2,1-3H3. The molecule has 2 rings (SSSR count). The van der Waals surface area contributed by atoms with Crippen LogP contribution in [0, 0.1) is 20.2 Å². The van der Waals surface area contributed by atoms with Crippen molar-refractivity contribution in [2.75, 3.05) is 26.0 Å². The van der Waals surface area contributed by atoms with Gasteiger partial charge in [-0.05, 0) is 17.7 Å². The number of non-ortho nitro benzene ring substituents is 2. The molecule has 0 saturated heterocycles. The van der Waals surface area contributed by atoms with Gasteiger partial charge in [-0.1, -0.05) is 11.6 Å². The molecule has 0 atom stereocenters. The van der Waals surface area contributed by atoms with E-state index in [-0.39, 0.29) is 28.5 Å². The lowest BCUT2D eigenvalue weighted by Crippen LogP contribution is -2.28. The lowest BCUT2D eigenvalue weighted by atomic mass is 10.1. The Balaban J connectivity index is 2.38. The lowest BCUT2D eigenvalue weighted by Gasteiger charge is -2.22. The third-order valence-electron chi connectivity index (χ3n) is 3.90. The van der Waals surface area contributed by atoms with Crippen molar-refractivity contribution in [3.8, 4) is 0 Å². The summed E-state index contributed by atoms with van der Waals surface area (Å²) in [5, 5.41) is 22.3. The van der Waals surface area contributed by atoms with Crippen molar-refractivity contribution in [3.05, 3.63) is 72.8 Å². The molecule has 0 aliphatic rings. The number of nitro benzene ring substituents is 2. The number of anilines is 1. The number of carbonyl (C=O) groups is 1. The highest BCUT2D eigenvalue weighted by atomic mass is 35.5. The van der Waals surface area contributed by atoms with Crippen LogP contribution in [0.1, 0.15) is 15.9 Å². The highest BCUT2D eigenvalue weighted by Crippen LogP contribution is 2.27. The van der Waals surface area contributed by atoms with Crippen molar-refractivity contribution in [2.45, 2.75) is 6.54 Å². The number of carbonyl (C=O) groups excluding carboxylic acids is 1. The normalized spacial score (nSPS) is 10.4. The molecule has 0 bridgehead atoms. The zero-order chi connectivity index (χ0) is 20.3. The molecule has 0 saturated carbocycles. The van der Waals surface area contributed by atoms with Crippen LogP contribution in [0.5, 0.6) is 0 Å². The number of hydrogen-bond donors (Lipinski definition) is 0. The summed E-state index contributed by atoms with van der Waals surface area (Å²) < 4.78 is 0. The molecule has 27 heavy (non-hydrogen) atoms. The second-order valence-corrected chi connectivity index (χ2v) is 6.45. The number of hydrogen-bond acceptors (Lipinski definition) is 6. The second kappa shape index (κ2) is 8.00. The Labute approximate surface area is 160 Å². The molecule has 0 unspecified atom stereocenters. The predicted molar refractivity (Wildman–Crippen MR) is 101 cm³/mol. The van der Waals surface area contributed by atoms with Crippen LogP contribution in [-0.2, 0) is 6.54 Å². The van der Waals surface area contributed by atoms with Crippen LogP contribution >= 0.6 is 11.6 Å². The van der Waals surface area contributed by atoms with Gasteiger partial charge in [0.05, 0.1) is 15.4 Å². The number of nitro groups is 2. The molecule has 2 aromatic rings. The van der Waals surface area contributed by atoms with E-state index in [1.165, 1.54) is 48.3 Å². The Morgan fingerprint density at radius 2 is 1.56 bits per heavy atom. The van der Waals surface area contributed by atoms with E-state index in [1.807, 2.05) is 0 Å². The van der Waals surface area contributed by atoms with Crippen LogP contribution < -0.4 is 4.90 Å². The van der Waals surface area contributed by atoms with Gasteiger partial charge in [-0.25, -0.2) is 0 Å². The van der Waals surface area contributed by atoms with Gasteiger partial charge in [0.25, 0.3) is 17.3 Å². The van der Waals surface area contributed by atoms with Gasteiger partial charge in [-0.3, -0.25) is 25.0 Å². The van der Waals surface area contributed by atoms with Crippen molar-refractivity contribution in [1.29, 1.82) is 0 Å². The van der Waals surface area contributed by atoms with E-state index in [1.54, 1.807) is 19.0 Å². The molecule has 142 valence electrons. The van der Waals surface area contributed by atoms with E-state index < -0.39 is 15.8 Å². The maximum atomic E-state index is 12.9. The fourth-order valence-corrected chi connectivity index (χ4v) is 2.70. The van der Waals surface area contributed by atoms with Gasteiger partial charge in [0.2, 0.25) is 0 Å². The van der Waals surface area contributed by atoms with Gasteiger partial charge in [-0.2, -0.15) is 0 Å². The SMILES string of the molecule is CN(Cc1cc([N+](=O)[O-])ccc1Cl)C(=O)c1cc([N+](=O)[O-])ccc1N(C)C. The third-order valence-corrected chi connectivity index (χ3v) is 4.27. The van der Waals surface area contributed by atoms with E-state index >= 15 is 0 Å². The zero-order valence-corrected chi connectivity index (χ0v) is 15.6. The minimum Gasteiger partial charge on any atom is -0.377 e. The maximum absolute atomic E-state index is 12.9. The van der Waals surface area contributed by atoms with Crippen molar-refractivity contribution < 1.29 is 14.6 Å². The van der Waals surface area contributed by atoms with E-state index in [2.05, 4.69) is 0 Å². The first kappa shape index (κ1) is 20.1. The summed E-state index contributed by atoms with van der Waals surface area (Å²) in [4.78, 5) is 36.7. The van der Waals surface area contributed by atoms with E-state index in [4.69, 9.17) is 11.6 Å². The molecular weight excluding hydrogens is 376 g/mol. The summed E-state index contributed by atoms with van der Waals surface area (Å²) in [7, 11) is 4.93. The molecule has 10 heteroatoms. The lowest BCUT2D eigenvalue weighted by molar-refractivity contribution is -0.385. The molecule has 0 heterocycles. The second-order valence-electron chi connectivity index (χ2n) is 6.05. The first-order valence-corrected chi connectivity index (χ1v) is 8.13. The summed E-state index contributed by atoms with van der Waals surface area (Å²) in [6, 6.07) is 8.00. The summed E-state index contributed by atoms with van der Waals surface area (Å²) >= 11 is 6.09. The van der Waals surface area contributed by atoms with Gasteiger partial charge >= 0.3 is 0 Å². The molecule has 0 spiro atoms. The highest BCUT2D eigenvalue weighted by Gasteiger charge is 2.22. The summed E-state index contributed by atoms with van der Waals surface area (Å²) in [5.74, 6) is -0.468. The molecule has 0 fully saturated rings. The number of rotatable bonds is 6. The van der Waals surface area contributed by atoms with Gasteiger partial charge in [-0.15, -0.1) is 0 Å². The quantitative estimate of drug-likeness (QED) is 0.549. The molecule has 0 aliphatic carbocycles. The highest BCUT2D eigenvalue weighted by molar-refractivity contribution is 6.31. The van der Waals surface area contributed by atoms with E-state index in [9.17, 15) is 25.0 Å². The number of amides is 1. The summed E-state index contributed by atoms with van der Waals surface area (Å²) in [5.41, 5.74) is 0.727. The molecule has 1 amide bonds. The van der Waals surface area contributed by atoms with Gasteiger partial charge in [0.1, 0.15) is 0 Å². The average molecular weight is 393 g/mol. The fraction of sp³-hybridized carbons (Fsp3) is 0.235. The van der Waals surface area contributed by atoms with Crippen LogP contribution in [0.25, 0.3) is 0 Å². The molecule has 9 nitrogen and oxygen atoms in total. The molecule has 0 N–H and O–H groups in total. The Morgan fingerprint density at radius 1 is 1.00 bits per heavy atom. The van der Waals surface area contributed by atoms with Crippen molar-refractivity contribution >= 4 is 34.6 Å². The van der Waals surface area contributed by atoms with Crippen LogP contribution in [-0.4, -0.2) is 41.8 Å².